The van der Waals surface area contributed by atoms with Gasteiger partial charge in [0.25, 0.3) is 0 Å². The maximum atomic E-state index is 12.4. The summed E-state index contributed by atoms with van der Waals surface area (Å²) in [5.41, 5.74) is -0.924. The fourth-order valence-corrected chi connectivity index (χ4v) is 1.86. The molecule has 0 atom stereocenters. The normalized spacial score (nSPS) is 17.4. The van der Waals surface area contributed by atoms with E-state index in [-0.39, 0.29) is 5.95 Å². The topological polar surface area (TPSA) is 53.1 Å². The van der Waals surface area contributed by atoms with Gasteiger partial charge in [-0.15, -0.1) is 0 Å². The number of rotatable bonds is 4. The van der Waals surface area contributed by atoms with Crippen molar-refractivity contribution in [3.63, 3.8) is 0 Å². The van der Waals surface area contributed by atoms with Crippen LogP contribution in [-0.4, -0.2) is 54.1 Å². The highest BCUT2D eigenvalue weighted by Crippen LogP contribution is 2.27. The molecule has 5 nitrogen and oxygen atoms in total. The SMILES string of the molecule is FC(F)(F)c1ccnc(NCCN2CCNCC2)n1. The minimum atomic E-state index is -4.43. The van der Waals surface area contributed by atoms with Gasteiger partial charge in [0.15, 0.2) is 0 Å². The predicted octanol–water partition coefficient (Wildman–Crippen LogP) is 0.812. The molecule has 0 radical (unpaired) electrons. The van der Waals surface area contributed by atoms with Crippen molar-refractivity contribution in [1.82, 2.24) is 20.2 Å². The number of hydrogen-bond acceptors (Lipinski definition) is 5. The lowest BCUT2D eigenvalue weighted by Crippen LogP contribution is -2.45. The van der Waals surface area contributed by atoms with E-state index in [4.69, 9.17) is 0 Å². The second-order valence-corrected chi connectivity index (χ2v) is 4.28. The smallest absolute Gasteiger partial charge is 0.353 e. The predicted molar refractivity (Wildman–Crippen MR) is 64.8 cm³/mol. The summed E-state index contributed by atoms with van der Waals surface area (Å²) in [5, 5.41) is 6.06. The molecule has 1 aliphatic heterocycles. The van der Waals surface area contributed by atoms with E-state index in [1.807, 2.05) is 0 Å². The van der Waals surface area contributed by atoms with Crippen LogP contribution in [0.5, 0.6) is 0 Å². The molecule has 2 heterocycles. The van der Waals surface area contributed by atoms with Crippen LogP contribution >= 0.6 is 0 Å². The lowest BCUT2D eigenvalue weighted by Gasteiger charge is -2.27. The highest BCUT2D eigenvalue weighted by atomic mass is 19.4. The molecule has 19 heavy (non-hydrogen) atoms. The standard InChI is InChI=1S/C11H16F3N5/c12-11(13,14)9-1-2-16-10(18-9)17-5-8-19-6-3-15-4-7-19/h1-2,15H,3-8H2,(H,16,17,18). The van der Waals surface area contributed by atoms with E-state index in [0.29, 0.717) is 6.54 Å². The molecule has 0 saturated carbocycles. The Labute approximate surface area is 109 Å². The molecule has 1 aromatic rings. The van der Waals surface area contributed by atoms with Gasteiger partial charge in [-0.3, -0.25) is 4.90 Å². The number of aromatic nitrogens is 2. The summed E-state index contributed by atoms with van der Waals surface area (Å²) in [6, 6.07) is 0.863. The molecule has 0 aliphatic carbocycles. The lowest BCUT2D eigenvalue weighted by atomic mass is 10.3. The van der Waals surface area contributed by atoms with Gasteiger partial charge in [-0.2, -0.15) is 13.2 Å². The molecule has 0 spiro atoms. The highest BCUT2D eigenvalue weighted by molar-refractivity contribution is 5.25. The zero-order valence-corrected chi connectivity index (χ0v) is 10.4. The van der Waals surface area contributed by atoms with E-state index in [9.17, 15) is 13.2 Å². The number of alkyl halides is 3. The Kier molecular flexibility index (Phi) is 4.54. The third-order valence-electron chi connectivity index (χ3n) is 2.87. The van der Waals surface area contributed by atoms with Crippen molar-refractivity contribution in [3.8, 4) is 0 Å². The van der Waals surface area contributed by atoms with Gasteiger partial charge < -0.3 is 10.6 Å². The third-order valence-corrected chi connectivity index (χ3v) is 2.87. The molecule has 2 N–H and O–H groups in total. The van der Waals surface area contributed by atoms with Gasteiger partial charge in [-0.25, -0.2) is 9.97 Å². The van der Waals surface area contributed by atoms with Gasteiger partial charge in [0.05, 0.1) is 0 Å². The van der Waals surface area contributed by atoms with Gasteiger partial charge in [0, 0.05) is 45.5 Å². The molecule has 1 aromatic heterocycles. The van der Waals surface area contributed by atoms with Crippen LogP contribution in [0.3, 0.4) is 0 Å². The monoisotopic (exact) mass is 275 g/mol. The van der Waals surface area contributed by atoms with E-state index < -0.39 is 11.9 Å². The molecular formula is C11H16F3N5. The molecule has 2 rings (SSSR count). The largest absolute Gasteiger partial charge is 0.433 e. The van der Waals surface area contributed by atoms with Gasteiger partial charge >= 0.3 is 6.18 Å². The highest BCUT2D eigenvalue weighted by Gasteiger charge is 2.32. The van der Waals surface area contributed by atoms with Crippen molar-refractivity contribution in [1.29, 1.82) is 0 Å². The van der Waals surface area contributed by atoms with E-state index in [0.717, 1.165) is 45.0 Å². The Hall–Kier alpha value is -1.41. The van der Waals surface area contributed by atoms with Crippen LogP contribution < -0.4 is 10.6 Å². The molecule has 106 valence electrons. The average Bonchev–Trinajstić information content (AvgIpc) is 2.39. The molecule has 0 bridgehead atoms. The Balaban J connectivity index is 1.82. The van der Waals surface area contributed by atoms with Crippen LogP contribution in [0, 0.1) is 0 Å². The first-order valence-corrected chi connectivity index (χ1v) is 6.13. The number of halogens is 3. The quantitative estimate of drug-likeness (QED) is 0.852. The maximum absolute atomic E-state index is 12.4. The van der Waals surface area contributed by atoms with Crippen LogP contribution in [0.1, 0.15) is 5.69 Å². The molecule has 0 aromatic carbocycles. The summed E-state index contributed by atoms with van der Waals surface area (Å²) >= 11 is 0. The van der Waals surface area contributed by atoms with Crippen LogP contribution in [0.4, 0.5) is 19.1 Å². The van der Waals surface area contributed by atoms with Gasteiger partial charge in [0.2, 0.25) is 5.95 Å². The van der Waals surface area contributed by atoms with Crippen LogP contribution in [0.15, 0.2) is 12.3 Å². The first kappa shape index (κ1) is 14.0. The minimum Gasteiger partial charge on any atom is -0.353 e. The van der Waals surface area contributed by atoms with Crippen LogP contribution in [0.2, 0.25) is 0 Å². The summed E-state index contributed by atoms with van der Waals surface area (Å²) in [6.07, 6.45) is -3.32. The maximum Gasteiger partial charge on any atom is 0.433 e. The van der Waals surface area contributed by atoms with Crippen molar-refractivity contribution in [2.45, 2.75) is 6.18 Å². The second-order valence-electron chi connectivity index (χ2n) is 4.28. The number of piperazine rings is 1. The Morgan fingerprint density at radius 3 is 2.74 bits per heavy atom. The molecule has 1 saturated heterocycles. The van der Waals surface area contributed by atoms with Gasteiger partial charge in [0.1, 0.15) is 5.69 Å². The van der Waals surface area contributed by atoms with Crippen molar-refractivity contribution in [2.24, 2.45) is 0 Å². The zero-order valence-electron chi connectivity index (χ0n) is 10.4. The fraction of sp³-hybridized carbons (Fsp3) is 0.636. The Bertz CT molecular complexity index is 404. The van der Waals surface area contributed by atoms with Crippen molar-refractivity contribution >= 4 is 5.95 Å². The van der Waals surface area contributed by atoms with Crippen LogP contribution in [0.25, 0.3) is 0 Å². The van der Waals surface area contributed by atoms with Crippen molar-refractivity contribution < 1.29 is 13.2 Å². The van der Waals surface area contributed by atoms with Gasteiger partial charge in [-0.1, -0.05) is 0 Å². The lowest BCUT2D eigenvalue weighted by molar-refractivity contribution is -0.141. The summed E-state index contributed by atoms with van der Waals surface area (Å²) in [6.45, 7) is 5.08. The van der Waals surface area contributed by atoms with Crippen molar-refractivity contribution in [3.05, 3.63) is 18.0 Å². The minimum absolute atomic E-state index is 0.0185. The number of nitrogens with zero attached hydrogens (tertiary/aromatic N) is 3. The molecule has 1 aliphatic rings. The average molecular weight is 275 g/mol. The van der Waals surface area contributed by atoms with Crippen molar-refractivity contribution in [2.75, 3.05) is 44.6 Å². The van der Waals surface area contributed by atoms with E-state index in [1.165, 1.54) is 0 Å². The molecular weight excluding hydrogens is 259 g/mol. The van der Waals surface area contributed by atoms with E-state index >= 15 is 0 Å². The first-order valence-electron chi connectivity index (χ1n) is 6.13. The first-order chi connectivity index (χ1) is 9.05. The van der Waals surface area contributed by atoms with E-state index in [1.54, 1.807) is 0 Å². The second kappa shape index (κ2) is 6.16. The fourth-order valence-electron chi connectivity index (χ4n) is 1.86. The molecule has 0 unspecified atom stereocenters. The zero-order chi connectivity index (χ0) is 13.7. The van der Waals surface area contributed by atoms with Gasteiger partial charge in [-0.05, 0) is 6.07 Å². The summed E-state index contributed by atoms with van der Waals surface area (Å²) in [5.74, 6) is 0.0185. The summed E-state index contributed by atoms with van der Waals surface area (Å²) in [7, 11) is 0. The summed E-state index contributed by atoms with van der Waals surface area (Å²) < 4.78 is 37.3. The number of anilines is 1. The Morgan fingerprint density at radius 2 is 2.05 bits per heavy atom. The molecule has 0 amide bonds. The summed E-state index contributed by atoms with van der Waals surface area (Å²) in [4.78, 5) is 9.46. The number of hydrogen-bond donors (Lipinski definition) is 2. The molecule has 8 heteroatoms. The third kappa shape index (κ3) is 4.32. The molecule has 1 fully saturated rings. The number of nitrogens with one attached hydrogen (secondary N) is 2. The Morgan fingerprint density at radius 1 is 1.32 bits per heavy atom. The van der Waals surface area contributed by atoms with E-state index in [2.05, 4.69) is 25.5 Å². The van der Waals surface area contributed by atoms with Crippen LogP contribution in [-0.2, 0) is 6.18 Å².